The Morgan fingerprint density at radius 1 is 0.250 bits per heavy atom. The van der Waals surface area contributed by atoms with Crippen LogP contribution in [0, 0.1) is 5.92 Å². The summed E-state index contributed by atoms with van der Waals surface area (Å²) in [5, 5.41) is 0. The van der Waals surface area contributed by atoms with Gasteiger partial charge < -0.3 is 99.5 Å². The van der Waals surface area contributed by atoms with Crippen LogP contribution in [-0.4, -0.2) is 277 Å². The van der Waals surface area contributed by atoms with Crippen molar-refractivity contribution < 1.29 is 104 Å². The van der Waals surface area contributed by atoms with Gasteiger partial charge in [-0.25, -0.2) is 0 Å². The largest absolute Gasteiger partial charge is 0.463 e. The molecular formula is C50H108O22. The molecule has 0 rings (SSSR count). The topological polar surface area (TPSA) is 211 Å². The fourth-order valence-electron chi connectivity index (χ4n) is 4.71. The molecule has 0 aliphatic heterocycles. The van der Waals surface area contributed by atoms with Crippen molar-refractivity contribution in [2.75, 3.05) is 271 Å². The van der Waals surface area contributed by atoms with Crippen molar-refractivity contribution in [2.24, 2.45) is 5.92 Å². The molecule has 0 aliphatic rings. The third-order valence-corrected chi connectivity index (χ3v) is 8.61. The van der Waals surface area contributed by atoms with Crippen molar-refractivity contribution in [1.29, 1.82) is 0 Å². The van der Waals surface area contributed by atoms with Crippen LogP contribution in [0.15, 0.2) is 0 Å². The maximum absolute atomic E-state index is 11.6. The van der Waals surface area contributed by atoms with E-state index in [0.717, 1.165) is 6.42 Å². The molecule has 0 saturated heterocycles. The van der Waals surface area contributed by atoms with Crippen LogP contribution in [0.2, 0.25) is 0 Å². The quantitative estimate of drug-likeness (QED) is 0.0621. The maximum atomic E-state index is 11.6. The molecule has 22 heteroatoms. The second-order valence-electron chi connectivity index (χ2n) is 14.1. The molecule has 0 fully saturated rings. The normalized spacial score (nSPS) is 11.4. The van der Waals surface area contributed by atoms with Gasteiger partial charge in [-0.15, -0.1) is 0 Å². The lowest BCUT2D eigenvalue weighted by atomic mass is 10.1. The van der Waals surface area contributed by atoms with E-state index in [1.807, 2.05) is 13.8 Å². The first-order valence-electron chi connectivity index (χ1n) is 24.3. The summed E-state index contributed by atoms with van der Waals surface area (Å²) in [5.74, 6) is -0.269. The Balaban J connectivity index is -0.00000374. The number of carbonyl (C=O) groups excluding carboxylic acids is 1. The highest BCUT2D eigenvalue weighted by Crippen LogP contribution is 2.02. The van der Waals surface area contributed by atoms with Gasteiger partial charge in [-0.3, -0.25) is 4.79 Å². The SMILES string of the molecule is C.C.C.C.CCC(C)C(=O)OCCOCCOCCOCCOCCOCCOCCOCCOCCOCCOCCOCCOCCOCCOCCOCCOCCOCCOCCOCCOC. The van der Waals surface area contributed by atoms with Crippen molar-refractivity contribution in [3.8, 4) is 0 Å². The Bertz CT molecular complexity index is 933. The van der Waals surface area contributed by atoms with E-state index in [1.165, 1.54) is 0 Å². The van der Waals surface area contributed by atoms with Crippen LogP contribution in [-0.2, 0) is 104 Å². The molecule has 0 radical (unpaired) electrons. The van der Waals surface area contributed by atoms with Gasteiger partial charge >= 0.3 is 5.97 Å². The van der Waals surface area contributed by atoms with Crippen LogP contribution in [0.25, 0.3) is 0 Å². The minimum atomic E-state index is -0.188. The number of methoxy groups -OCH3 is 1. The third kappa shape index (κ3) is 70.7. The Morgan fingerprint density at radius 2 is 0.375 bits per heavy atom. The molecule has 72 heavy (non-hydrogen) atoms. The van der Waals surface area contributed by atoms with Crippen molar-refractivity contribution >= 4 is 5.97 Å². The number of ether oxygens (including phenoxy) is 21. The van der Waals surface area contributed by atoms with Gasteiger partial charge in [0.25, 0.3) is 0 Å². The molecule has 1 atom stereocenters. The first kappa shape index (κ1) is 79.5. The number of hydrogen-bond acceptors (Lipinski definition) is 22. The molecule has 1 unspecified atom stereocenters. The summed E-state index contributed by atoms with van der Waals surface area (Å²) in [6, 6.07) is 0. The van der Waals surface area contributed by atoms with Gasteiger partial charge in [0.05, 0.1) is 264 Å². The van der Waals surface area contributed by atoms with Gasteiger partial charge in [0.1, 0.15) is 6.61 Å². The number of rotatable bonds is 62. The van der Waals surface area contributed by atoms with Crippen LogP contribution >= 0.6 is 0 Å². The lowest BCUT2D eigenvalue weighted by molar-refractivity contribution is -0.149. The Hall–Kier alpha value is -1.33. The van der Waals surface area contributed by atoms with E-state index in [4.69, 9.17) is 99.5 Å². The van der Waals surface area contributed by atoms with E-state index in [9.17, 15) is 4.79 Å². The molecule has 0 bridgehead atoms. The van der Waals surface area contributed by atoms with E-state index in [-0.39, 0.29) is 48.2 Å². The lowest BCUT2D eigenvalue weighted by Gasteiger charge is -2.10. The van der Waals surface area contributed by atoms with Crippen LogP contribution in [0.5, 0.6) is 0 Å². The average Bonchev–Trinajstić information content (AvgIpc) is 3.35. The summed E-state index contributed by atoms with van der Waals surface area (Å²) in [4.78, 5) is 11.6. The first-order chi connectivity index (χ1) is 33.7. The summed E-state index contributed by atoms with van der Waals surface area (Å²) < 4.78 is 114. The molecule has 0 amide bonds. The summed E-state index contributed by atoms with van der Waals surface area (Å²) in [6.45, 7) is 23.3. The molecule has 0 aromatic heterocycles. The zero-order valence-corrected chi connectivity index (χ0v) is 42.1. The molecular weight excluding hydrogens is 953 g/mol. The van der Waals surface area contributed by atoms with Crippen molar-refractivity contribution in [3.05, 3.63) is 0 Å². The minimum Gasteiger partial charge on any atom is -0.463 e. The minimum absolute atomic E-state index is 0. The Labute approximate surface area is 436 Å². The van der Waals surface area contributed by atoms with Gasteiger partial charge in [0, 0.05) is 7.11 Å². The van der Waals surface area contributed by atoms with Crippen LogP contribution in [0.3, 0.4) is 0 Å². The number of esters is 1. The molecule has 22 nitrogen and oxygen atoms in total. The molecule has 0 saturated carbocycles. The van der Waals surface area contributed by atoms with Crippen LogP contribution in [0.1, 0.15) is 50.0 Å². The van der Waals surface area contributed by atoms with Crippen LogP contribution < -0.4 is 0 Å². The molecule has 0 aliphatic carbocycles. The Kier molecular flexibility index (Phi) is 81.7. The Morgan fingerprint density at radius 3 is 0.500 bits per heavy atom. The van der Waals surface area contributed by atoms with E-state index in [2.05, 4.69) is 0 Å². The molecule has 0 N–H and O–H groups in total. The second kappa shape index (κ2) is 73.9. The molecule has 0 aromatic carbocycles. The maximum Gasteiger partial charge on any atom is 0.308 e. The highest BCUT2D eigenvalue weighted by Gasteiger charge is 2.11. The van der Waals surface area contributed by atoms with Crippen molar-refractivity contribution in [2.45, 2.75) is 50.0 Å². The van der Waals surface area contributed by atoms with E-state index < -0.39 is 0 Å². The van der Waals surface area contributed by atoms with Gasteiger partial charge in [0.2, 0.25) is 0 Å². The summed E-state index contributed by atoms with van der Waals surface area (Å²) in [5.41, 5.74) is 0. The molecule has 0 aromatic rings. The smallest absolute Gasteiger partial charge is 0.308 e. The van der Waals surface area contributed by atoms with E-state index in [1.54, 1.807) is 7.11 Å². The second-order valence-corrected chi connectivity index (χ2v) is 14.1. The average molecular weight is 1060 g/mol. The van der Waals surface area contributed by atoms with Crippen molar-refractivity contribution in [1.82, 2.24) is 0 Å². The molecule has 0 heterocycles. The van der Waals surface area contributed by atoms with E-state index in [0.29, 0.717) is 258 Å². The fraction of sp³-hybridized carbons (Fsp3) is 0.980. The zero-order valence-electron chi connectivity index (χ0n) is 42.1. The standard InChI is InChI=1S/C46H92O22.4CH4/c1-4-45(2)46(47)68-44-43-67-42-41-66-40-39-65-38-37-64-36-35-63-34-33-62-32-31-61-30-29-60-28-27-59-26-25-58-24-23-57-22-21-56-20-19-55-18-17-54-16-15-53-14-13-52-12-11-51-10-9-50-8-7-49-6-5-48-3;;;;/h45H,4-44H2,1-3H3;4*1H4. The molecule has 0 spiro atoms. The van der Waals surface area contributed by atoms with E-state index >= 15 is 0 Å². The predicted octanol–water partition coefficient (Wildman–Crippen LogP) is 4.08. The first-order valence-corrected chi connectivity index (χ1v) is 24.3. The summed E-state index contributed by atoms with van der Waals surface area (Å²) >= 11 is 0. The number of hydrogen-bond donors (Lipinski definition) is 0. The van der Waals surface area contributed by atoms with Gasteiger partial charge in [-0.05, 0) is 6.42 Å². The van der Waals surface area contributed by atoms with Gasteiger partial charge in [-0.1, -0.05) is 43.6 Å². The predicted molar refractivity (Wildman–Crippen MR) is 275 cm³/mol. The summed E-state index contributed by atoms with van der Waals surface area (Å²) in [7, 11) is 1.64. The molecule has 440 valence electrons. The van der Waals surface area contributed by atoms with Gasteiger partial charge in [-0.2, -0.15) is 0 Å². The van der Waals surface area contributed by atoms with Gasteiger partial charge in [0.15, 0.2) is 0 Å². The fourth-order valence-corrected chi connectivity index (χ4v) is 4.71. The highest BCUT2D eigenvalue weighted by atomic mass is 16.6. The van der Waals surface area contributed by atoms with Crippen molar-refractivity contribution in [3.63, 3.8) is 0 Å². The van der Waals surface area contributed by atoms with Crippen LogP contribution in [0.4, 0.5) is 0 Å². The monoisotopic (exact) mass is 1060 g/mol. The highest BCUT2D eigenvalue weighted by molar-refractivity contribution is 5.71. The third-order valence-electron chi connectivity index (χ3n) is 8.61. The zero-order chi connectivity index (χ0) is 49.0. The lowest BCUT2D eigenvalue weighted by Crippen LogP contribution is -2.18. The number of carbonyl (C=O) groups is 1. The summed E-state index contributed by atoms with van der Waals surface area (Å²) in [6.07, 6.45) is 0.765.